The number of fused-ring (bicyclic) bond motifs is 2. The summed E-state index contributed by atoms with van der Waals surface area (Å²) in [5, 5.41) is 3.72. The molecule has 1 spiro atoms. The molecule has 252 valence electrons. The minimum absolute atomic E-state index is 0.0234. The van der Waals surface area contributed by atoms with E-state index in [-0.39, 0.29) is 27.9 Å². The molecular weight excluding hydrogens is 675 g/mol. The third-order valence-corrected chi connectivity index (χ3v) is 11.1. The number of hydrogen-bond acceptors (Lipinski definition) is 7. The number of para-hydroxylation sites is 1. The molecule has 1 atom stereocenters. The predicted molar refractivity (Wildman–Crippen MR) is 187 cm³/mol. The molecule has 3 aromatic carbocycles. The molecule has 2 amide bonds. The number of carbonyl (C=O) groups is 3. The van der Waals surface area contributed by atoms with Gasteiger partial charge in [-0.3, -0.25) is 19.4 Å². The van der Waals surface area contributed by atoms with Crippen LogP contribution in [0.15, 0.2) is 54.6 Å². The number of amides is 2. The Labute approximate surface area is 295 Å². The van der Waals surface area contributed by atoms with Crippen LogP contribution in [0.4, 0.5) is 17.1 Å². The highest BCUT2D eigenvalue weighted by molar-refractivity contribution is 6.40. The maximum Gasteiger partial charge on any atom is 0.328 e. The third-order valence-electron chi connectivity index (χ3n) is 10.2. The van der Waals surface area contributed by atoms with E-state index >= 15 is 0 Å². The maximum atomic E-state index is 13.5. The summed E-state index contributed by atoms with van der Waals surface area (Å²) in [7, 11) is 1.27. The van der Waals surface area contributed by atoms with Crippen molar-refractivity contribution < 1.29 is 23.9 Å². The summed E-state index contributed by atoms with van der Waals surface area (Å²) in [4.78, 5) is 46.3. The molecule has 48 heavy (non-hydrogen) atoms. The van der Waals surface area contributed by atoms with Crippen molar-refractivity contribution in [2.24, 2.45) is 0 Å². The first kappa shape index (κ1) is 33.2. The molecule has 0 aromatic heterocycles. The van der Waals surface area contributed by atoms with Crippen LogP contribution in [0.25, 0.3) is 0 Å². The largest absolute Gasteiger partial charge is 0.467 e. The Hall–Kier alpha value is -3.34. The van der Waals surface area contributed by atoms with Gasteiger partial charge in [0.2, 0.25) is 5.91 Å². The Kier molecular flexibility index (Phi) is 9.34. The van der Waals surface area contributed by atoms with Gasteiger partial charge in [0.1, 0.15) is 6.04 Å². The SMILES string of the molecule is COC(=O)[C@H](Cc1ccc(N2C(=O)C3(CC3)c3cccc(Cl)c32)cc1)NC(=O)c1c(Cl)cc(N2CCC(N3CCOCC3)CC2)cc1Cl. The normalized spacial score (nSPS) is 19.7. The van der Waals surface area contributed by atoms with Crippen LogP contribution in [0, 0.1) is 0 Å². The number of carbonyl (C=O) groups excluding carboxylic acids is 3. The van der Waals surface area contributed by atoms with Crippen LogP contribution >= 0.6 is 34.8 Å². The summed E-state index contributed by atoms with van der Waals surface area (Å²) in [5.41, 5.74) is 3.62. The third kappa shape index (κ3) is 6.16. The number of piperidine rings is 1. The molecule has 4 aliphatic rings. The number of benzene rings is 3. The Bertz CT molecular complexity index is 1710. The Morgan fingerprint density at radius 2 is 1.60 bits per heavy atom. The van der Waals surface area contributed by atoms with Crippen molar-refractivity contribution >= 4 is 69.6 Å². The second-order valence-electron chi connectivity index (χ2n) is 12.9. The van der Waals surface area contributed by atoms with Crippen molar-refractivity contribution in [2.75, 3.05) is 56.3 Å². The number of rotatable bonds is 8. The molecule has 1 aliphatic carbocycles. The van der Waals surface area contributed by atoms with E-state index in [0.29, 0.717) is 16.8 Å². The summed E-state index contributed by atoms with van der Waals surface area (Å²) in [6.07, 6.45) is 3.81. The number of halogens is 3. The van der Waals surface area contributed by atoms with Gasteiger partial charge in [-0.1, -0.05) is 59.1 Å². The first-order valence-corrected chi connectivity index (χ1v) is 17.5. The fourth-order valence-electron chi connectivity index (χ4n) is 7.39. The van der Waals surface area contributed by atoms with Gasteiger partial charge in [0.15, 0.2) is 0 Å². The van der Waals surface area contributed by atoms with E-state index in [1.54, 1.807) is 23.1 Å². The summed E-state index contributed by atoms with van der Waals surface area (Å²) in [5.74, 6) is -1.15. The van der Waals surface area contributed by atoms with E-state index in [1.165, 1.54) is 7.11 Å². The Balaban J connectivity index is 1.03. The maximum absolute atomic E-state index is 13.5. The van der Waals surface area contributed by atoms with Crippen LogP contribution < -0.4 is 15.1 Å². The molecule has 3 aliphatic heterocycles. The minimum atomic E-state index is -1.00. The molecule has 1 N–H and O–H groups in total. The molecule has 3 heterocycles. The van der Waals surface area contributed by atoms with E-state index in [2.05, 4.69) is 15.1 Å². The van der Waals surface area contributed by atoms with Crippen molar-refractivity contribution in [3.63, 3.8) is 0 Å². The van der Waals surface area contributed by atoms with Crippen LogP contribution in [0.5, 0.6) is 0 Å². The van der Waals surface area contributed by atoms with Crippen molar-refractivity contribution in [2.45, 2.75) is 49.6 Å². The smallest absolute Gasteiger partial charge is 0.328 e. The van der Waals surface area contributed by atoms with Gasteiger partial charge in [0.05, 0.1) is 52.1 Å². The van der Waals surface area contributed by atoms with E-state index in [4.69, 9.17) is 44.3 Å². The van der Waals surface area contributed by atoms with E-state index in [1.807, 2.05) is 36.4 Å². The first-order valence-electron chi connectivity index (χ1n) is 16.4. The number of morpholine rings is 1. The van der Waals surface area contributed by atoms with Crippen LogP contribution in [0.3, 0.4) is 0 Å². The number of nitrogens with one attached hydrogen (secondary N) is 1. The lowest BCUT2D eigenvalue weighted by atomic mass is 9.98. The van der Waals surface area contributed by atoms with E-state index < -0.39 is 23.3 Å². The highest BCUT2D eigenvalue weighted by Gasteiger charge is 2.60. The summed E-state index contributed by atoms with van der Waals surface area (Å²) in [6, 6.07) is 16.0. The van der Waals surface area contributed by atoms with Crippen molar-refractivity contribution in [1.82, 2.24) is 10.2 Å². The zero-order valence-corrected chi connectivity index (χ0v) is 28.9. The Morgan fingerprint density at radius 1 is 0.938 bits per heavy atom. The molecule has 3 aromatic rings. The highest BCUT2D eigenvalue weighted by Crippen LogP contribution is 2.60. The number of ether oxygens (including phenoxy) is 2. The monoisotopic (exact) mass is 710 g/mol. The molecule has 1 saturated carbocycles. The van der Waals surface area contributed by atoms with Crippen LogP contribution in [0.1, 0.15) is 47.2 Å². The summed E-state index contributed by atoms with van der Waals surface area (Å²) in [6.45, 7) is 5.21. The van der Waals surface area contributed by atoms with Gasteiger partial charge in [-0.05, 0) is 67.1 Å². The number of nitrogens with zero attached hydrogens (tertiary/aromatic N) is 3. The number of esters is 1. The van der Waals surface area contributed by atoms with E-state index in [9.17, 15) is 14.4 Å². The summed E-state index contributed by atoms with van der Waals surface area (Å²) < 4.78 is 10.5. The highest BCUT2D eigenvalue weighted by atomic mass is 35.5. The topological polar surface area (TPSA) is 91.4 Å². The van der Waals surface area contributed by atoms with Gasteiger partial charge in [-0.2, -0.15) is 0 Å². The minimum Gasteiger partial charge on any atom is -0.467 e. The molecular formula is C36H37Cl3N4O5. The van der Waals surface area contributed by atoms with Gasteiger partial charge >= 0.3 is 5.97 Å². The van der Waals surface area contributed by atoms with Crippen molar-refractivity contribution in [3.8, 4) is 0 Å². The standard InChI is InChI=1S/C36H37Cl3N4O5/c1-47-34(45)30(19-22-5-7-24(8-6-22)43-32-26(3-2-4-27(32)37)36(11-12-36)35(43)46)40-33(44)31-28(38)20-25(21-29(31)39)41-13-9-23(10-14-41)42-15-17-48-18-16-42/h2-8,20-21,23,30H,9-19H2,1H3,(H,40,44)/t30-/m0/s1. The number of anilines is 3. The summed E-state index contributed by atoms with van der Waals surface area (Å²) >= 11 is 19.9. The second kappa shape index (κ2) is 13.5. The van der Waals surface area contributed by atoms with Crippen LogP contribution in [0.2, 0.25) is 15.1 Å². The molecule has 3 fully saturated rings. The fraction of sp³-hybridized carbons (Fsp3) is 0.417. The van der Waals surface area contributed by atoms with E-state index in [0.717, 1.165) is 87.6 Å². The van der Waals surface area contributed by atoms with Gasteiger partial charge in [0.25, 0.3) is 5.91 Å². The lowest BCUT2D eigenvalue weighted by Crippen LogP contribution is -2.49. The van der Waals surface area contributed by atoms with Crippen molar-refractivity contribution in [3.05, 3.63) is 86.4 Å². The number of methoxy groups -OCH3 is 1. The van der Waals surface area contributed by atoms with Gasteiger partial charge in [-0.25, -0.2) is 4.79 Å². The fourth-order valence-corrected chi connectivity index (χ4v) is 8.29. The molecule has 12 heteroatoms. The lowest BCUT2D eigenvalue weighted by Gasteiger charge is -2.41. The molecule has 9 nitrogen and oxygen atoms in total. The zero-order valence-electron chi connectivity index (χ0n) is 26.6. The lowest BCUT2D eigenvalue weighted by molar-refractivity contribution is -0.142. The van der Waals surface area contributed by atoms with Crippen LogP contribution in [-0.2, 0) is 30.9 Å². The average molecular weight is 712 g/mol. The van der Waals surface area contributed by atoms with Gasteiger partial charge < -0.3 is 19.7 Å². The quantitative estimate of drug-likeness (QED) is 0.280. The predicted octanol–water partition coefficient (Wildman–Crippen LogP) is 6.17. The van der Waals surface area contributed by atoms with Crippen LogP contribution in [-0.4, -0.2) is 81.3 Å². The first-order chi connectivity index (χ1) is 23.2. The zero-order chi connectivity index (χ0) is 33.6. The number of hydrogen-bond donors (Lipinski definition) is 1. The molecule has 0 radical (unpaired) electrons. The molecule has 0 bridgehead atoms. The molecule has 7 rings (SSSR count). The molecule has 0 unspecified atom stereocenters. The van der Waals surface area contributed by atoms with Crippen molar-refractivity contribution in [1.29, 1.82) is 0 Å². The van der Waals surface area contributed by atoms with Gasteiger partial charge in [0, 0.05) is 50.0 Å². The van der Waals surface area contributed by atoms with Gasteiger partial charge in [-0.15, -0.1) is 0 Å². The molecule has 2 saturated heterocycles. The Morgan fingerprint density at radius 3 is 2.23 bits per heavy atom. The average Bonchev–Trinajstić information content (AvgIpc) is 3.87. The second-order valence-corrected chi connectivity index (χ2v) is 14.2.